The van der Waals surface area contributed by atoms with Gasteiger partial charge >= 0.3 is 6.03 Å². The van der Waals surface area contributed by atoms with Crippen LogP contribution in [0.5, 0.6) is 5.75 Å². The van der Waals surface area contributed by atoms with Gasteiger partial charge in [-0.25, -0.2) is 4.79 Å². The second-order valence-electron chi connectivity index (χ2n) is 6.79. The standard InChI is InChI=1S/C21H26N2O2/c1-15(8-9-17-10-12-19(25-3)13-11-17)22-21(24)23-16(2)14-18-6-4-5-7-20(18)23/h4-7,10-13,15-16H,8-9,14H2,1-3H3,(H,22,24). The summed E-state index contributed by atoms with van der Waals surface area (Å²) in [5.41, 5.74) is 3.53. The van der Waals surface area contributed by atoms with Crippen LogP contribution in [0.2, 0.25) is 0 Å². The van der Waals surface area contributed by atoms with Gasteiger partial charge < -0.3 is 10.1 Å². The average Bonchev–Trinajstić information content (AvgIpc) is 2.96. The maximum Gasteiger partial charge on any atom is 0.322 e. The van der Waals surface area contributed by atoms with Crippen LogP contribution in [0.25, 0.3) is 0 Å². The highest BCUT2D eigenvalue weighted by atomic mass is 16.5. The Labute approximate surface area is 149 Å². The predicted molar refractivity (Wildman–Crippen MR) is 101 cm³/mol. The first-order valence-corrected chi connectivity index (χ1v) is 8.89. The van der Waals surface area contributed by atoms with E-state index in [1.54, 1.807) is 7.11 Å². The number of rotatable bonds is 5. The molecule has 2 aromatic rings. The van der Waals surface area contributed by atoms with E-state index < -0.39 is 0 Å². The smallest absolute Gasteiger partial charge is 0.322 e. The van der Waals surface area contributed by atoms with E-state index in [9.17, 15) is 4.79 Å². The van der Waals surface area contributed by atoms with E-state index in [1.165, 1.54) is 11.1 Å². The molecule has 132 valence electrons. The Hall–Kier alpha value is -2.49. The third kappa shape index (κ3) is 3.95. The number of ether oxygens (including phenoxy) is 1. The van der Waals surface area contributed by atoms with Crippen molar-refractivity contribution in [3.8, 4) is 5.75 Å². The molecule has 0 aromatic heterocycles. The fraction of sp³-hybridized carbons (Fsp3) is 0.381. The van der Waals surface area contributed by atoms with Crippen molar-refractivity contribution in [3.63, 3.8) is 0 Å². The van der Waals surface area contributed by atoms with Gasteiger partial charge in [0.05, 0.1) is 7.11 Å². The summed E-state index contributed by atoms with van der Waals surface area (Å²) in [5.74, 6) is 0.867. The Morgan fingerprint density at radius 2 is 1.96 bits per heavy atom. The molecule has 4 heteroatoms. The average molecular weight is 338 g/mol. The third-order valence-corrected chi connectivity index (χ3v) is 4.82. The molecule has 0 aliphatic carbocycles. The fourth-order valence-electron chi connectivity index (χ4n) is 3.40. The number of benzene rings is 2. The van der Waals surface area contributed by atoms with Crippen LogP contribution >= 0.6 is 0 Å². The van der Waals surface area contributed by atoms with E-state index in [4.69, 9.17) is 4.74 Å². The lowest BCUT2D eigenvalue weighted by atomic mass is 10.1. The van der Waals surface area contributed by atoms with Crippen molar-refractivity contribution in [2.45, 2.75) is 45.2 Å². The molecule has 0 radical (unpaired) electrons. The van der Waals surface area contributed by atoms with Gasteiger partial charge in [-0.2, -0.15) is 0 Å². The van der Waals surface area contributed by atoms with Crippen LogP contribution in [-0.4, -0.2) is 25.2 Å². The summed E-state index contributed by atoms with van der Waals surface area (Å²) in [6.07, 6.45) is 2.75. The van der Waals surface area contributed by atoms with Gasteiger partial charge in [-0.05, 0) is 62.4 Å². The molecule has 2 atom stereocenters. The Morgan fingerprint density at radius 1 is 1.24 bits per heavy atom. The minimum absolute atomic E-state index is 0.000295. The number of carbonyl (C=O) groups is 1. The number of nitrogens with zero attached hydrogens (tertiary/aromatic N) is 1. The first-order valence-electron chi connectivity index (χ1n) is 8.89. The van der Waals surface area contributed by atoms with Crippen LogP contribution in [0.4, 0.5) is 10.5 Å². The topological polar surface area (TPSA) is 41.6 Å². The summed E-state index contributed by atoms with van der Waals surface area (Å²) in [4.78, 5) is 14.6. The van der Waals surface area contributed by atoms with Gasteiger partial charge in [0.2, 0.25) is 0 Å². The highest BCUT2D eigenvalue weighted by Crippen LogP contribution is 2.31. The molecule has 2 amide bonds. The van der Waals surface area contributed by atoms with Crippen LogP contribution < -0.4 is 15.0 Å². The molecule has 25 heavy (non-hydrogen) atoms. The molecular formula is C21H26N2O2. The number of hydrogen-bond acceptors (Lipinski definition) is 2. The van der Waals surface area contributed by atoms with Crippen LogP contribution in [0, 0.1) is 0 Å². The van der Waals surface area contributed by atoms with Crippen molar-refractivity contribution in [2.24, 2.45) is 0 Å². The lowest BCUT2D eigenvalue weighted by molar-refractivity contribution is 0.241. The summed E-state index contributed by atoms with van der Waals surface area (Å²) in [7, 11) is 1.67. The SMILES string of the molecule is COc1ccc(CCC(C)NC(=O)N2c3ccccc3CC2C)cc1. The lowest BCUT2D eigenvalue weighted by Gasteiger charge is -2.25. The molecule has 0 fully saturated rings. The van der Waals surface area contributed by atoms with Crippen LogP contribution in [-0.2, 0) is 12.8 Å². The number of fused-ring (bicyclic) bond motifs is 1. The number of carbonyl (C=O) groups excluding carboxylic acids is 1. The van der Waals surface area contributed by atoms with Gasteiger partial charge in [0.25, 0.3) is 0 Å². The molecule has 1 aliphatic rings. The summed E-state index contributed by atoms with van der Waals surface area (Å²) in [6, 6.07) is 16.6. The summed E-state index contributed by atoms with van der Waals surface area (Å²) in [5, 5.41) is 3.15. The molecule has 1 aliphatic heterocycles. The quantitative estimate of drug-likeness (QED) is 0.889. The third-order valence-electron chi connectivity index (χ3n) is 4.82. The number of anilines is 1. The zero-order valence-electron chi connectivity index (χ0n) is 15.2. The minimum Gasteiger partial charge on any atom is -0.497 e. The van der Waals surface area contributed by atoms with Crippen LogP contribution in [0.1, 0.15) is 31.4 Å². The van der Waals surface area contributed by atoms with Crippen molar-refractivity contribution >= 4 is 11.7 Å². The zero-order chi connectivity index (χ0) is 17.8. The fourth-order valence-corrected chi connectivity index (χ4v) is 3.40. The van der Waals surface area contributed by atoms with E-state index in [0.29, 0.717) is 0 Å². The van der Waals surface area contributed by atoms with E-state index in [-0.39, 0.29) is 18.1 Å². The van der Waals surface area contributed by atoms with Crippen molar-refractivity contribution in [3.05, 3.63) is 59.7 Å². The van der Waals surface area contributed by atoms with Gasteiger partial charge in [0, 0.05) is 17.8 Å². The normalized spacial score (nSPS) is 17.1. The van der Waals surface area contributed by atoms with E-state index in [2.05, 4.69) is 37.4 Å². The molecule has 0 bridgehead atoms. The number of hydrogen-bond donors (Lipinski definition) is 1. The van der Waals surface area contributed by atoms with Gasteiger partial charge in [0.15, 0.2) is 0 Å². The van der Waals surface area contributed by atoms with E-state index >= 15 is 0 Å². The van der Waals surface area contributed by atoms with Crippen molar-refractivity contribution in [1.82, 2.24) is 5.32 Å². The van der Waals surface area contributed by atoms with Gasteiger partial charge in [0.1, 0.15) is 5.75 Å². The van der Waals surface area contributed by atoms with Crippen molar-refractivity contribution in [2.75, 3.05) is 12.0 Å². The molecule has 0 saturated carbocycles. The molecule has 1 N–H and O–H groups in total. The monoisotopic (exact) mass is 338 g/mol. The first kappa shape index (κ1) is 17.3. The Morgan fingerprint density at radius 3 is 2.68 bits per heavy atom. The number of para-hydroxylation sites is 1. The first-order chi connectivity index (χ1) is 12.1. The second-order valence-corrected chi connectivity index (χ2v) is 6.79. The molecule has 0 saturated heterocycles. The molecule has 3 rings (SSSR count). The lowest BCUT2D eigenvalue weighted by Crippen LogP contribution is -2.46. The predicted octanol–water partition coefficient (Wildman–Crippen LogP) is 4.18. The van der Waals surface area contributed by atoms with E-state index in [1.807, 2.05) is 35.2 Å². The summed E-state index contributed by atoms with van der Waals surface area (Å²) >= 11 is 0. The maximum absolute atomic E-state index is 12.7. The molecular weight excluding hydrogens is 312 g/mol. The van der Waals surface area contributed by atoms with Crippen LogP contribution in [0.15, 0.2) is 48.5 Å². The number of amides is 2. The summed E-state index contributed by atoms with van der Waals surface area (Å²) in [6.45, 7) is 4.16. The van der Waals surface area contributed by atoms with Gasteiger partial charge in [-0.1, -0.05) is 30.3 Å². The Balaban J connectivity index is 1.55. The van der Waals surface area contributed by atoms with Crippen molar-refractivity contribution in [1.29, 1.82) is 0 Å². The zero-order valence-corrected chi connectivity index (χ0v) is 15.2. The van der Waals surface area contributed by atoms with Gasteiger partial charge in [-0.3, -0.25) is 4.90 Å². The number of nitrogens with one attached hydrogen (secondary N) is 1. The molecule has 2 unspecified atom stereocenters. The second kappa shape index (κ2) is 7.60. The Kier molecular flexibility index (Phi) is 5.27. The number of aryl methyl sites for hydroxylation is 1. The molecule has 0 spiro atoms. The van der Waals surface area contributed by atoms with Gasteiger partial charge in [-0.15, -0.1) is 0 Å². The van der Waals surface area contributed by atoms with E-state index in [0.717, 1.165) is 30.7 Å². The highest BCUT2D eigenvalue weighted by Gasteiger charge is 2.30. The van der Waals surface area contributed by atoms with Crippen molar-refractivity contribution < 1.29 is 9.53 Å². The highest BCUT2D eigenvalue weighted by molar-refractivity contribution is 5.95. The number of urea groups is 1. The summed E-state index contributed by atoms with van der Waals surface area (Å²) < 4.78 is 5.18. The van der Waals surface area contributed by atoms with Crippen LogP contribution in [0.3, 0.4) is 0 Å². The molecule has 2 aromatic carbocycles. The molecule has 1 heterocycles. The maximum atomic E-state index is 12.7. The minimum atomic E-state index is -0.000295. The number of methoxy groups -OCH3 is 1. The molecule has 4 nitrogen and oxygen atoms in total. The largest absolute Gasteiger partial charge is 0.497 e. The Bertz CT molecular complexity index is 727.